The Morgan fingerprint density at radius 2 is 2.10 bits per heavy atom. The summed E-state index contributed by atoms with van der Waals surface area (Å²) in [7, 11) is -1.95. The monoisotopic (exact) mass is 314 g/mol. The van der Waals surface area contributed by atoms with Crippen LogP contribution in [0.4, 0.5) is 0 Å². The standard InChI is InChI=1S/C13H18N2O3S2/c1-18-8-4-7-15-20(16,17)13-10-5-2-3-6-11(10)19-12(13)9-14/h2-3,5-6,15H,4,7-9,14H2,1H3. The Hall–Kier alpha value is -0.990. The van der Waals surface area contributed by atoms with E-state index in [1.54, 1.807) is 7.11 Å². The van der Waals surface area contributed by atoms with Crippen molar-refractivity contribution in [3.05, 3.63) is 29.1 Å². The topological polar surface area (TPSA) is 81.4 Å². The first-order valence-corrected chi connectivity index (χ1v) is 8.59. The van der Waals surface area contributed by atoms with Crippen molar-refractivity contribution in [2.45, 2.75) is 17.9 Å². The average Bonchev–Trinajstić information content (AvgIpc) is 2.83. The van der Waals surface area contributed by atoms with E-state index in [-0.39, 0.29) is 6.54 Å². The van der Waals surface area contributed by atoms with Gasteiger partial charge in [-0.3, -0.25) is 0 Å². The molecule has 7 heteroatoms. The molecule has 0 unspecified atom stereocenters. The second-order valence-electron chi connectivity index (χ2n) is 4.30. The lowest BCUT2D eigenvalue weighted by Crippen LogP contribution is -2.26. The first-order chi connectivity index (χ1) is 9.60. The molecule has 1 heterocycles. The summed E-state index contributed by atoms with van der Waals surface area (Å²) in [6, 6.07) is 7.44. The molecule has 0 spiro atoms. The van der Waals surface area contributed by atoms with Crippen molar-refractivity contribution < 1.29 is 13.2 Å². The van der Waals surface area contributed by atoms with Crippen LogP contribution in [-0.2, 0) is 21.3 Å². The fourth-order valence-electron chi connectivity index (χ4n) is 2.00. The van der Waals surface area contributed by atoms with Gasteiger partial charge in [0, 0.05) is 41.8 Å². The third kappa shape index (κ3) is 3.18. The molecule has 5 nitrogen and oxygen atoms in total. The lowest BCUT2D eigenvalue weighted by Gasteiger charge is -2.07. The minimum Gasteiger partial charge on any atom is -0.385 e. The van der Waals surface area contributed by atoms with E-state index in [0.29, 0.717) is 29.3 Å². The van der Waals surface area contributed by atoms with Gasteiger partial charge in [-0.2, -0.15) is 0 Å². The summed E-state index contributed by atoms with van der Waals surface area (Å²) >= 11 is 1.43. The SMILES string of the molecule is COCCCNS(=O)(=O)c1c(CN)sc2ccccc12. The molecule has 0 fully saturated rings. The van der Waals surface area contributed by atoms with Crippen LogP contribution in [-0.4, -0.2) is 28.7 Å². The Balaban J connectivity index is 2.35. The highest BCUT2D eigenvalue weighted by Crippen LogP contribution is 2.34. The van der Waals surface area contributed by atoms with Gasteiger partial charge in [0.05, 0.1) is 0 Å². The van der Waals surface area contributed by atoms with Crippen molar-refractivity contribution in [1.29, 1.82) is 0 Å². The summed E-state index contributed by atoms with van der Waals surface area (Å²) in [5.41, 5.74) is 5.69. The van der Waals surface area contributed by atoms with Crippen molar-refractivity contribution in [2.24, 2.45) is 5.73 Å². The lowest BCUT2D eigenvalue weighted by molar-refractivity contribution is 0.196. The molecule has 0 radical (unpaired) electrons. The van der Waals surface area contributed by atoms with Gasteiger partial charge in [0.25, 0.3) is 0 Å². The van der Waals surface area contributed by atoms with Crippen LogP contribution in [0.25, 0.3) is 10.1 Å². The summed E-state index contributed by atoms with van der Waals surface area (Å²) in [6.45, 7) is 1.09. The van der Waals surface area contributed by atoms with E-state index in [1.807, 2.05) is 24.3 Å². The number of methoxy groups -OCH3 is 1. The molecule has 0 saturated carbocycles. The third-order valence-electron chi connectivity index (χ3n) is 2.89. The fourth-order valence-corrected chi connectivity index (χ4v) is 4.90. The van der Waals surface area contributed by atoms with Crippen LogP contribution in [0.5, 0.6) is 0 Å². The predicted molar refractivity (Wildman–Crippen MR) is 81.4 cm³/mol. The smallest absolute Gasteiger partial charge is 0.242 e. The third-order valence-corrected chi connectivity index (χ3v) is 5.80. The summed E-state index contributed by atoms with van der Waals surface area (Å²) in [4.78, 5) is 1.00. The van der Waals surface area contributed by atoms with Crippen LogP contribution >= 0.6 is 11.3 Å². The minimum absolute atomic E-state index is 0.216. The normalized spacial score (nSPS) is 12.1. The van der Waals surface area contributed by atoms with E-state index in [4.69, 9.17) is 10.5 Å². The van der Waals surface area contributed by atoms with Gasteiger partial charge in [-0.25, -0.2) is 13.1 Å². The molecular formula is C13H18N2O3S2. The van der Waals surface area contributed by atoms with Gasteiger partial charge in [0.1, 0.15) is 4.90 Å². The number of nitrogens with one attached hydrogen (secondary N) is 1. The summed E-state index contributed by atoms with van der Waals surface area (Å²) in [5, 5.41) is 0.734. The van der Waals surface area contributed by atoms with Gasteiger partial charge in [-0.05, 0) is 12.5 Å². The zero-order valence-corrected chi connectivity index (χ0v) is 12.9. The molecule has 2 aromatic rings. The molecule has 0 saturated heterocycles. The van der Waals surface area contributed by atoms with Gasteiger partial charge >= 0.3 is 0 Å². The zero-order valence-electron chi connectivity index (χ0n) is 11.3. The summed E-state index contributed by atoms with van der Waals surface area (Å²) in [6.07, 6.45) is 0.635. The second-order valence-corrected chi connectivity index (χ2v) is 7.14. The van der Waals surface area contributed by atoms with Crippen LogP contribution in [0.1, 0.15) is 11.3 Å². The maximum absolute atomic E-state index is 12.4. The van der Waals surface area contributed by atoms with E-state index >= 15 is 0 Å². The van der Waals surface area contributed by atoms with Crippen LogP contribution in [0.15, 0.2) is 29.2 Å². The number of hydrogen-bond donors (Lipinski definition) is 2. The number of ether oxygens (including phenoxy) is 1. The zero-order chi connectivity index (χ0) is 14.6. The Labute approximate surface area is 122 Å². The number of benzene rings is 1. The van der Waals surface area contributed by atoms with E-state index in [0.717, 1.165) is 10.1 Å². The molecule has 110 valence electrons. The van der Waals surface area contributed by atoms with Crippen LogP contribution in [0.2, 0.25) is 0 Å². The molecular weight excluding hydrogens is 296 g/mol. The first kappa shape index (κ1) is 15.4. The maximum atomic E-state index is 12.4. The Morgan fingerprint density at radius 3 is 2.80 bits per heavy atom. The molecule has 0 bridgehead atoms. The Kier molecular flexibility index (Phi) is 5.11. The largest absolute Gasteiger partial charge is 0.385 e. The second kappa shape index (κ2) is 6.64. The molecule has 1 aromatic heterocycles. The van der Waals surface area contributed by atoms with Gasteiger partial charge in [-0.15, -0.1) is 11.3 Å². The number of nitrogens with two attached hydrogens (primary N) is 1. The fraction of sp³-hybridized carbons (Fsp3) is 0.385. The quantitative estimate of drug-likeness (QED) is 0.762. The van der Waals surface area contributed by atoms with Crippen LogP contribution in [0, 0.1) is 0 Å². The first-order valence-electron chi connectivity index (χ1n) is 6.29. The highest BCUT2D eigenvalue weighted by molar-refractivity contribution is 7.90. The molecule has 2 rings (SSSR count). The van der Waals surface area contributed by atoms with Gasteiger partial charge in [0.2, 0.25) is 10.0 Å². The van der Waals surface area contributed by atoms with E-state index in [9.17, 15) is 8.42 Å². The molecule has 0 aliphatic heterocycles. The predicted octanol–water partition coefficient (Wildman–Crippen LogP) is 1.67. The number of sulfonamides is 1. The molecule has 20 heavy (non-hydrogen) atoms. The van der Waals surface area contributed by atoms with E-state index in [1.165, 1.54) is 11.3 Å². The number of fused-ring (bicyclic) bond motifs is 1. The van der Waals surface area contributed by atoms with Crippen molar-refractivity contribution in [3.8, 4) is 0 Å². The minimum atomic E-state index is -3.54. The van der Waals surface area contributed by atoms with E-state index < -0.39 is 10.0 Å². The molecule has 0 aliphatic rings. The summed E-state index contributed by atoms with van der Waals surface area (Å²) in [5.74, 6) is 0. The van der Waals surface area contributed by atoms with Crippen molar-refractivity contribution >= 4 is 31.4 Å². The number of thiophene rings is 1. The Morgan fingerprint density at radius 1 is 1.35 bits per heavy atom. The lowest BCUT2D eigenvalue weighted by atomic mass is 10.2. The van der Waals surface area contributed by atoms with Crippen molar-refractivity contribution in [2.75, 3.05) is 20.3 Å². The maximum Gasteiger partial charge on any atom is 0.242 e. The van der Waals surface area contributed by atoms with Gasteiger partial charge < -0.3 is 10.5 Å². The molecule has 0 aliphatic carbocycles. The van der Waals surface area contributed by atoms with Crippen molar-refractivity contribution in [3.63, 3.8) is 0 Å². The molecule has 3 N–H and O–H groups in total. The van der Waals surface area contributed by atoms with Gasteiger partial charge in [-0.1, -0.05) is 18.2 Å². The highest BCUT2D eigenvalue weighted by atomic mass is 32.2. The summed E-state index contributed by atoms with van der Waals surface area (Å²) < 4.78 is 33.4. The van der Waals surface area contributed by atoms with Crippen LogP contribution in [0.3, 0.4) is 0 Å². The highest BCUT2D eigenvalue weighted by Gasteiger charge is 2.23. The average molecular weight is 314 g/mol. The Bertz CT molecular complexity index is 680. The number of rotatable bonds is 7. The van der Waals surface area contributed by atoms with E-state index in [2.05, 4.69) is 4.72 Å². The number of hydrogen-bond acceptors (Lipinski definition) is 5. The van der Waals surface area contributed by atoms with Crippen molar-refractivity contribution in [1.82, 2.24) is 4.72 Å². The molecule has 1 aromatic carbocycles. The molecule has 0 amide bonds. The van der Waals surface area contributed by atoms with Gasteiger partial charge in [0.15, 0.2) is 0 Å². The van der Waals surface area contributed by atoms with Crippen LogP contribution < -0.4 is 10.5 Å². The molecule has 0 atom stereocenters.